The highest BCUT2D eigenvalue weighted by molar-refractivity contribution is 5.78. The topological polar surface area (TPSA) is 52.7 Å². The van der Waals surface area contributed by atoms with Crippen molar-refractivity contribution >= 4 is 11.8 Å². The van der Waals surface area contributed by atoms with Gasteiger partial charge in [-0.15, -0.1) is 0 Å². The summed E-state index contributed by atoms with van der Waals surface area (Å²) in [5, 5.41) is 2.65. The molecule has 1 aromatic carbocycles. The van der Waals surface area contributed by atoms with Crippen LogP contribution in [-0.4, -0.2) is 60.9 Å². The summed E-state index contributed by atoms with van der Waals surface area (Å²) >= 11 is 0. The smallest absolute Gasteiger partial charge is 0.224 e. The van der Waals surface area contributed by atoms with E-state index in [0.717, 1.165) is 51.1 Å². The Hall–Kier alpha value is -1.95. The van der Waals surface area contributed by atoms with Crippen LogP contribution >= 0.6 is 0 Å². The summed E-state index contributed by atoms with van der Waals surface area (Å²) in [5.41, 5.74) is 1.16. The molecule has 0 spiro atoms. The van der Waals surface area contributed by atoms with Crippen LogP contribution in [0.3, 0.4) is 0 Å². The van der Waals surface area contributed by atoms with Crippen molar-refractivity contribution < 1.29 is 14.0 Å². The molecule has 5 nitrogen and oxygen atoms in total. The summed E-state index contributed by atoms with van der Waals surface area (Å²) in [7, 11) is 0. The highest BCUT2D eigenvalue weighted by Crippen LogP contribution is 2.08. The Morgan fingerprint density at radius 3 is 2.42 bits per heavy atom. The van der Waals surface area contributed by atoms with Crippen LogP contribution < -0.4 is 5.32 Å². The minimum Gasteiger partial charge on any atom is -0.356 e. The Morgan fingerprint density at radius 1 is 1.12 bits per heavy atom. The zero-order chi connectivity index (χ0) is 17.4. The quantitative estimate of drug-likeness (QED) is 0.820. The van der Waals surface area contributed by atoms with Crippen molar-refractivity contribution in [3.05, 3.63) is 35.6 Å². The highest BCUT2D eigenvalue weighted by atomic mass is 19.1. The second-order valence-electron chi connectivity index (χ2n) is 6.19. The molecule has 2 rings (SSSR count). The van der Waals surface area contributed by atoms with Gasteiger partial charge in [-0.2, -0.15) is 0 Å². The lowest BCUT2D eigenvalue weighted by molar-refractivity contribution is -0.132. The van der Waals surface area contributed by atoms with Crippen molar-refractivity contribution in [2.45, 2.75) is 26.2 Å². The van der Waals surface area contributed by atoms with Crippen LogP contribution in [0.4, 0.5) is 4.39 Å². The maximum absolute atomic E-state index is 12.9. The highest BCUT2D eigenvalue weighted by Gasteiger charge is 2.20. The van der Waals surface area contributed by atoms with Gasteiger partial charge in [-0.1, -0.05) is 12.1 Å². The molecular formula is C18H26FN3O2. The zero-order valence-electron chi connectivity index (χ0n) is 14.3. The Balaban J connectivity index is 1.61. The number of halogens is 1. The number of rotatable bonds is 7. The number of carbonyl (C=O) groups excluding carboxylic acids is 2. The minimum atomic E-state index is -0.196. The third-order valence-electron chi connectivity index (χ3n) is 4.29. The number of hydrogen-bond acceptors (Lipinski definition) is 3. The van der Waals surface area contributed by atoms with Crippen LogP contribution in [0.1, 0.15) is 25.3 Å². The molecule has 0 unspecified atom stereocenters. The van der Waals surface area contributed by atoms with E-state index in [1.807, 2.05) is 17.0 Å². The van der Waals surface area contributed by atoms with Gasteiger partial charge in [0.1, 0.15) is 5.82 Å². The van der Waals surface area contributed by atoms with Gasteiger partial charge in [-0.05, 0) is 37.1 Å². The van der Waals surface area contributed by atoms with Crippen molar-refractivity contribution in [2.24, 2.45) is 0 Å². The molecule has 0 aliphatic carbocycles. The molecule has 1 aliphatic heterocycles. The molecule has 132 valence electrons. The van der Waals surface area contributed by atoms with E-state index < -0.39 is 0 Å². The third kappa shape index (κ3) is 6.28. The SMILES string of the molecule is CC(=O)NCCC(=O)N1CCN(CCCc2ccc(F)cc2)CC1. The average molecular weight is 335 g/mol. The van der Waals surface area contributed by atoms with Gasteiger partial charge in [0, 0.05) is 46.1 Å². The number of piperazine rings is 1. The lowest BCUT2D eigenvalue weighted by Crippen LogP contribution is -2.49. The Morgan fingerprint density at radius 2 is 1.79 bits per heavy atom. The first kappa shape index (κ1) is 18.4. The zero-order valence-corrected chi connectivity index (χ0v) is 14.3. The van der Waals surface area contributed by atoms with Crippen LogP contribution in [0.5, 0.6) is 0 Å². The van der Waals surface area contributed by atoms with E-state index in [1.165, 1.54) is 19.1 Å². The van der Waals surface area contributed by atoms with Crippen molar-refractivity contribution in [3.63, 3.8) is 0 Å². The fourth-order valence-electron chi connectivity index (χ4n) is 2.88. The fraction of sp³-hybridized carbons (Fsp3) is 0.556. The molecule has 1 fully saturated rings. The summed E-state index contributed by atoms with van der Waals surface area (Å²) in [6.07, 6.45) is 2.34. The van der Waals surface area contributed by atoms with Crippen molar-refractivity contribution in [1.29, 1.82) is 0 Å². The van der Waals surface area contributed by atoms with E-state index in [1.54, 1.807) is 0 Å². The normalized spacial score (nSPS) is 15.3. The summed E-state index contributed by atoms with van der Waals surface area (Å²) in [5.74, 6) is -0.193. The molecular weight excluding hydrogens is 309 g/mol. The fourth-order valence-corrected chi connectivity index (χ4v) is 2.88. The number of aryl methyl sites for hydroxylation is 1. The molecule has 1 aliphatic rings. The molecule has 6 heteroatoms. The molecule has 1 heterocycles. The lowest BCUT2D eigenvalue weighted by Gasteiger charge is -2.34. The van der Waals surface area contributed by atoms with Gasteiger partial charge < -0.3 is 10.2 Å². The summed E-state index contributed by atoms with van der Waals surface area (Å²) in [4.78, 5) is 27.1. The Kier molecular flexibility index (Phi) is 7.18. The molecule has 0 bridgehead atoms. The maximum Gasteiger partial charge on any atom is 0.224 e. The van der Waals surface area contributed by atoms with Gasteiger partial charge in [0.15, 0.2) is 0 Å². The molecule has 0 saturated carbocycles. The number of carbonyl (C=O) groups is 2. The van der Waals surface area contributed by atoms with E-state index in [0.29, 0.717) is 13.0 Å². The van der Waals surface area contributed by atoms with Gasteiger partial charge in [0.2, 0.25) is 11.8 Å². The van der Waals surface area contributed by atoms with E-state index in [4.69, 9.17) is 0 Å². The molecule has 0 aromatic heterocycles. The molecule has 2 amide bonds. The van der Waals surface area contributed by atoms with Gasteiger partial charge in [-0.3, -0.25) is 14.5 Å². The van der Waals surface area contributed by atoms with Gasteiger partial charge in [0.25, 0.3) is 0 Å². The van der Waals surface area contributed by atoms with E-state index in [-0.39, 0.29) is 17.6 Å². The number of amides is 2. The van der Waals surface area contributed by atoms with Crippen LogP contribution in [0, 0.1) is 5.82 Å². The summed E-state index contributed by atoms with van der Waals surface area (Å²) in [6.45, 7) is 6.11. The van der Waals surface area contributed by atoms with Crippen LogP contribution in [0.15, 0.2) is 24.3 Å². The van der Waals surface area contributed by atoms with E-state index in [9.17, 15) is 14.0 Å². The standard InChI is InChI=1S/C18H26FN3O2/c1-15(23)20-9-8-18(24)22-13-11-21(12-14-22)10-2-3-16-4-6-17(19)7-5-16/h4-7H,2-3,8-14H2,1H3,(H,20,23). The first-order valence-electron chi connectivity index (χ1n) is 8.53. The molecule has 24 heavy (non-hydrogen) atoms. The number of nitrogens with one attached hydrogen (secondary N) is 1. The number of hydrogen-bond donors (Lipinski definition) is 1. The Labute approximate surface area is 142 Å². The second kappa shape index (κ2) is 9.37. The number of nitrogens with zero attached hydrogens (tertiary/aromatic N) is 2. The predicted molar refractivity (Wildman–Crippen MR) is 91.0 cm³/mol. The van der Waals surface area contributed by atoms with E-state index in [2.05, 4.69) is 10.2 Å². The summed E-state index contributed by atoms with van der Waals surface area (Å²) in [6, 6.07) is 6.67. The Bertz CT molecular complexity index is 540. The second-order valence-corrected chi connectivity index (χ2v) is 6.19. The molecule has 0 radical (unpaired) electrons. The van der Waals surface area contributed by atoms with Gasteiger partial charge in [-0.25, -0.2) is 4.39 Å². The maximum atomic E-state index is 12.9. The van der Waals surface area contributed by atoms with Crippen molar-refractivity contribution in [1.82, 2.24) is 15.1 Å². The number of benzene rings is 1. The molecule has 1 aromatic rings. The van der Waals surface area contributed by atoms with Crippen LogP contribution in [0.2, 0.25) is 0 Å². The molecule has 1 saturated heterocycles. The van der Waals surface area contributed by atoms with Gasteiger partial charge >= 0.3 is 0 Å². The first-order chi connectivity index (χ1) is 11.5. The third-order valence-corrected chi connectivity index (χ3v) is 4.29. The summed E-state index contributed by atoms with van der Waals surface area (Å²) < 4.78 is 12.9. The monoisotopic (exact) mass is 335 g/mol. The minimum absolute atomic E-state index is 0.103. The van der Waals surface area contributed by atoms with E-state index >= 15 is 0 Å². The van der Waals surface area contributed by atoms with Crippen LogP contribution in [-0.2, 0) is 16.0 Å². The predicted octanol–water partition coefficient (Wildman–Crippen LogP) is 1.43. The van der Waals surface area contributed by atoms with Crippen molar-refractivity contribution in [3.8, 4) is 0 Å². The average Bonchev–Trinajstić information content (AvgIpc) is 2.57. The largest absolute Gasteiger partial charge is 0.356 e. The van der Waals surface area contributed by atoms with Gasteiger partial charge in [0.05, 0.1) is 0 Å². The molecule has 1 N–H and O–H groups in total. The van der Waals surface area contributed by atoms with Crippen molar-refractivity contribution in [2.75, 3.05) is 39.3 Å². The molecule has 0 atom stereocenters. The first-order valence-corrected chi connectivity index (χ1v) is 8.53. The lowest BCUT2D eigenvalue weighted by atomic mass is 10.1. The van der Waals surface area contributed by atoms with Crippen LogP contribution in [0.25, 0.3) is 0 Å².